The van der Waals surface area contributed by atoms with Gasteiger partial charge in [0.1, 0.15) is 11.4 Å². The Hall–Kier alpha value is -4.08. The summed E-state index contributed by atoms with van der Waals surface area (Å²) >= 11 is 0. The van der Waals surface area contributed by atoms with Crippen molar-refractivity contribution in [3.05, 3.63) is 41.6 Å². The van der Waals surface area contributed by atoms with Gasteiger partial charge in [-0.25, -0.2) is 0 Å². The SMILES string of the molecule is COC(=O)CC(NC(=O)c1cc2c(OC)cc(OC)c(OC)c2[nH]1)c1ccc(OC)c(OC)c1. The number of carbonyl (C=O) groups excluding carboxylic acids is 2. The zero-order valence-electron chi connectivity index (χ0n) is 19.9. The van der Waals surface area contributed by atoms with Crippen LogP contribution >= 0.6 is 0 Å². The molecule has 1 amide bonds. The number of esters is 1. The molecule has 2 aromatic carbocycles. The van der Waals surface area contributed by atoms with Crippen LogP contribution in [0.1, 0.15) is 28.5 Å². The van der Waals surface area contributed by atoms with Crippen molar-refractivity contribution in [1.29, 1.82) is 0 Å². The molecule has 1 heterocycles. The Labute approximate surface area is 197 Å². The largest absolute Gasteiger partial charge is 0.496 e. The molecule has 0 saturated carbocycles. The summed E-state index contributed by atoms with van der Waals surface area (Å²) in [4.78, 5) is 28.4. The van der Waals surface area contributed by atoms with Crippen LogP contribution in [0.5, 0.6) is 28.7 Å². The molecule has 3 aromatic rings. The highest BCUT2D eigenvalue weighted by molar-refractivity contribution is 6.02. The zero-order chi connectivity index (χ0) is 24.8. The van der Waals surface area contributed by atoms with Gasteiger partial charge in [-0.1, -0.05) is 6.07 Å². The fourth-order valence-corrected chi connectivity index (χ4v) is 3.67. The van der Waals surface area contributed by atoms with E-state index in [0.717, 1.165) is 0 Å². The minimum Gasteiger partial charge on any atom is -0.496 e. The van der Waals surface area contributed by atoms with Crippen LogP contribution in [0.3, 0.4) is 0 Å². The molecule has 0 fully saturated rings. The van der Waals surface area contributed by atoms with E-state index < -0.39 is 17.9 Å². The van der Waals surface area contributed by atoms with Crippen molar-refractivity contribution < 1.29 is 38.0 Å². The molecule has 1 unspecified atom stereocenters. The van der Waals surface area contributed by atoms with Gasteiger partial charge in [-0.15, -0.1) is 0 Å². The van der Waals surface area contributed by atoms with Crippen LogP contribution in [0.25, 0.3) is 10.9 Å². The summed E-state index contributed by atoms with van der Waals surface area (Å²) in [6, 6.07) is 7.79. The van der Waals surface area contributed by atoms with Crippen LogP contribution in [-0.2, 0) is 9.53 Å². The Kier molecular flexibility index (Phi) is 7.72. The first kappa shape index (κ1) is 24.6. The number of aromatic amines is 1. The number of ether oxygens (including phenoxy) is 6. The first-order chi connectivity index (χ1) is 16.4. The molecule has 10 heteroatoms. The minimum atomic E-state index is -0.690. The molecular weight excluding hydrogens is 444 g/mol. The van der Waals surface area contributed by atoms with Crippen LogP contribution in [0, 0.1) is 0 Å². The summed E-state index contributed by atoms with van der Waals surface area (Å²) in [7, 11) is 8.87. The van der Waals surface area contributed by atoms with E-state index in [1.54, 1.807) is 30.3 Å². The van der Waals surface area contributed by atoms with Crippen LogP contribution in [0.4, 0.5) is 0 Å². The van der Waals surface area contributed by atoms with Gasteiger partial charge in [-0.2, -0.15) is 0 Å². The summed E-state index contributed by atoms with van der Waals surface area (Å²) in [6.07, 6.45) is -0.0849. The molecule has 182 valence electrons. The van der Waals surface area contributed by atoms with E-state index in [2.05, 4.69) is 10.3 Å². The van der Waals surface area contributed by atoms with E-state index in [1.165, 1.54) is 42.7 Å². The quantitative estimate of drug-likeness (QED) is 0.432. The van der Waals surface area contributed by atoms with Crippen LogP contribution in [-0.4, -0.2) is 59.5 Å². The van der Waals surface area contributed by atoms with E-state index >= 15 is 0 Å². The predicted molar refractivity (Wildman–Crippen MR) is 124 cm³/mol. The molecule has 34 heavy (non-hydrogen) atoms. The van der Waals surface area contributed by atoms with Crippen molar-refractivity contribution in [3.8, 4) is 28.7 Å². The molecular formula is C24H28N2O8. The van der Waals surface area contributed by atoms with Gasteiger partial charge in [0, 0.05) is 11.5 Å². The van der Waals surface area contributed by atoms with E-state index in [1.807, 2.05) is 0 Å². The van der Waals surface area contributed by atoms with Gasteiger partial charge in [-0.3, -0.25) is 9.59 Å². The molecule has 1 atom stereocenters. The standard InChI is InChI=1S/C24H28N2O8/c1-29-17-8-7-13(9-19(17)31-3)15(11-21(27)33-5)26-24(28)16-10-14-18(30-2)12-20(32-4)23(34-6)22(14)25-16/h7-10,12,15,25H,11H2,1-6H3,(H,26,28). The Morgan fingerprint density at radius 2 is 1.50 bits per heavy atom. The van der Waals surface area contributed by atoms with Crippen molar-refractivity contribution in [1.82, 2.24) is 10.3 Å². The van der Waals surface area contributed by atoms with E-state index in [4.69, 9.17) is 28.4 Å². The Morgan fingerprint density at radius 3 is 2.09 bits per heavy atom. The summed E-state index contributed by atoms with van der Waals surface area (Å²) < 4.78 is 31.8. The Balaban J connectivity index is 2.00. The third-order valence-electron chi connectivity index (χ3n) is 5.40. The Bertz CT molecular complexity index is 1190. The molecule has 0 aliphatic heterocycles. The molecule has 1 aromatic heterocycles. The third-order valence-corrected chi connectivity index (χ3v) is 5.40. The lowest BCUT2D eigenvalue weighted by molar-refractivity contribution is -0.141. The highest BCUT2D eigenvalue weighted by Gasteiger charge is 2.24. The second-order valence-electron chi connectivity index (χ2n) is 7.21. The van der Waals surface area contributed by atoms with Gasteiger partial charge < -0.3 is 38.7 Å². The first-order valence-electron chi connectivity index (χ1n) is 10.3. The predicted octanol–water partition coefficient (Wildman–Crippen LogP) is 3.25. The van der Waals surface area contributed by atoms with Crippen molar-refractivity contribution in [2.45, 2.75) is 12.5 Å². The van der Waals surface area contributed by atoms with Gasteiger partial charge in [0.2, 0.25) is 0 Å². The second-order valence-corrected chi connectivity index (χ2v) is 7.21. The van der Waals surface area contributed by atoms with Crippen molar-refractivity contribution in [2.24, 2.45) is 0 Å². The molecule has 3 rings (SSSR count). The molecule has 0 radical (unpaired) electrons. The van der Waals surface area contributed by atoms with Crippen LogP contribution in [0.15, 0.2) is 30.3 Å². The third kappa shape index (κ3) is 4.80. The number of nitrogens with one attached hydrogen (secondary N) is 2. The maximum Gasteiger partial charge on any atom is 0.307 e. The summed E-state index contributed by atoms with van der Waals surface area (Å²) in [5.74, 6) is 1.47. The summed E-state index contributed by atoms with van der Waals surface area (Å²) in [5, 5.41) is 3.53. The van der Waals surface area contributed by atoms with Crippen LogP contribution < -0.4 is 29.0 Å². The average molecular weight is 472 g/mol. The van der Waals surface area contributed by atoms with Gasteiger partial charge in [0.25, 0.3) is 5.91 Å². The fraction of sp³-hybridized carbons (Fsp3) is 0.333. The van der Waals surface area contributed by atoms with Gasteiger partial charge in [0.05, 0.1) is 60.6 Å². The number of hydrogen-bond donors (Lipinski definition) is 2. The number of amides is 1. The monoisotopic (exact) mass is 472 g/mol. The van der Waals surface area contributed by atoms with Crippen molar-refractivity contribution in [2.75, 3.05) is 42.7 Å². The van der Waals surface area contributed by atoms with Gasteiger partial charge in [-0.05, 0) is 23.8 Å². The molecule has 0 spiro atoms. The minimum absolute atomic E-state index is 0.0849. The molecule has 0 saturated heterocycles. The van der Waals surface area contributed by atoms with Crippen molar-refractivity contribution in [3.63, 3.8) is 0 Å². The van der Waals surface area contributed by atoms with E-state index in [9.17, 15) is 9.59 Å². The summed E-state index contributed by atoms with van der Waals surface area (Å²) in [6.45, 7) is 0. The second kappa shape index (κ2) is 10.7. The summed E-state index contributed by atoms with van der Waals surface area (Å²) in [5.41, 5.74) is 1.43. The van der Waals surface area contributed by atoms with Gasteiger partial charge >= 0.3 is 5.97 Å². The first-order valence-corrected chi connectivity index (χ1v) is 10.3. The number of carbonyl (C=O) groups is 2. The molecule has 10 nitrogen and oxygen atoms in total. The smallest absolute Gasteiger partial charge is 0.307 e. The fourth-order valence-electron chi connectivity index (χ4n) is 3.67. The number of H-pyrrole nitrogens is 1. The maximum atomic E-state index is 13.2. The molecule has 0 aliphatic carbocycles. The average Bonchev–Trinajstić information content (AvgIpc) is 3.32. The Morgan fingerprint density at radius 1 is 0.824 bits per heavy atom. The number of benzene rings is 2. The normalized spacial score (nSPS) is 11.5. The molecule has 0 bridgehead atoms. The molecule has 0 aliphatic rings. The van der Waals surface area contributed by atoms with E-state index in [-0.39, 0.29) is 12.1 Å². The lowest BCUT2D eigenvalue weighted by atomic mass is 10.0. The number of aromatic nitrogens is 1. The van der Waals surface area contributed by atoms with Crippen LogP contribution in [0.2, 0.25) is 0 Å². The van der Waals surface area contributed by atoms with Crippen molar-refractivity contribution >= 4 is 22.8 Å². The molecule has 2 N–H and O–H groups in total. The lowest BCUT2D eigenvalue weighted by Crippen LogP contribution is -2.30. The topological polar surface area (TPSA) is 117 Å². The zero-order valence-corrected chi connectivity index (χ0v) is 19.9. The van der Waals surface area contributed by atoms with E-state index in [0.29, 0.717) is 45.2 Å². The highest BCUT2D eigenvalue weighted by atomic mass is 16.5. The number of hydrogen-bond acceptors (Lipinski definition) is 8. The lowest BCUT2D eigenvalue weighted by Gasteiger charge is -2.19. The number of methoxy groups -OCH3 is 6. The maximum absolute atomic E-state index is 13.2. The number of rotatable bonds is 10. The number of fused-ring (bicyclic) bond motifs is 1. The highest BCUT2D eigenvalue weighted by Crippen LogP contribution is 2.41. The van der Waals surface area contributed by atoms with Gasteiger partial charge in [0.15, 0.2) is 23.0 Å².